The van der Waals surface area contributed by atoms with E-state index in [1.807, 2.05) is 30.0 Å². The molecule has 5 heteroatoms. The van der Waals surface area contributed by atoms with Gasteiger partial charge in [0.25, 0.3) is 0 Å². The van der Waals surface area contributed by atoms with E-state index in [2.05, 4.69) is 48.5 Å². The van der Waals surface area contributed by atoms with Gasteiger partial charge in [-0.15, -0.1) is 0 Å². The number of methoxy groups -OCH3 is 1. The summed E-state index contributed by atoms with van der Waals surface area (Å²) >= 11 is 0. The zero-order valence-corrected chi connectivity index (χ0v) is 20.9. The fraction of sp³-hybridized carbons (Fsp3) is 0.387. The van der Waals surface area contributed by atoms with Gasteiger partial charge in [0.2, 0.25) is 0 Å². The Hall–Kier alpha value is -3.31. The largest absolute Gasteiger partial charge is 0.496 e. The number of nitrogens with zero attached hydrogens (tertiary/aromatic N) is 1. The molecule has 0 aromatic heterocycles. The van der Waals surface area contributed by atoms with E-state index < -0.39 is 5.60 Å². The Bertz CT molecular complexity index is 1240. The van der Waals surface area contributed by atoms with Gasteiger partial charge in [-0.05, 0) is 65.6 Å². The lowest BCUT2D eigenvalue weighted by Gasteiger charge is -2.51. The maximum absolute atomic E-state index is 13.5. The molecule has 2 fully saturated rings. The number of hydrogen-bond donors (Lipinski definition) is 1. The number of benzene rings is 3. The van der Waals surface area contributed by atoms with Gasteiger partial charge < -0.3 is 19.5 Å². The molecular formula is C31H33NO4. The summed E-state index contributed by atoms with van der Waals surface area (Å²) in [6, 6.07) is 22.7. The Labute approximate surface area is 212 Å². The molecular weight excluding hydrogens is 450 g/mol. The Morgan fingerprint density at radius 2 is 1.58 bits per heavy atom. The first kappa shape index (κ1) is 23.1. The van der Waals surface area contributed by atoms with Crippen molar-refractivity contribution in [1.29, 1.82) is 0 Å². The van der Waals surface area contributed by atoms with Crippen molar-refractivity contribution in [2.24, 2.45) is 0 Å². The highest BCUT2D eigenvalue weighted by atomic mass is 16.6. The lowest BCUT2D eigenvalue weighted by Crippen LogP contribution is -2.59. The second-order valence-corrected chi connectivity index (χ2v) is 10.6. The molecule has 3 aromatic carbocycles. The van der Waals surface area contributed by atoms with E-state index in [4.69, 9.17) is 9.47 Å². The number of rotatable bonds is 4. The first-order valence-electron chi connectivity index (χ1n) is 13.0. The second-order valence-electron chi connectivity index (χ2n) is 10.6. The summed E-state index contributed by atoms with van der Waals surface area (Å²) < 4.78 is 11.5. The monoisotopic (exact) mass is 483 g/mol. The molecule has 1 amide bonds. The van der Waals surface area contributed by atoms with Crippen LogP contribution < -0.4 is 4.74 Å². The van der Waals surface area contributed by atoms with Crippen LogP contribution in [0.1, 0.15) is 60.3 Å². The standard InChI is InChI=1S/C31H33NO4/c1-20-14-15-21(16-29(20)35-2)31(34)17-22-8-7-9-23(18-31)32(22)30(33)36-19-28-26-12-5-3-10-24(26)25-11-4-6-13-27(25)28/h3-6,10-16,22-23,28,34H,7-9,17-19H2,1-2H3. The minimum absolute atomic E-state index is 0.0366. The molecule has 2 aliphatic heterocycles. The zero-order valence-electron chi connectivity index (χ0n) is 20.9. The summed E-state index contributed by atoms with van der Waals surface area (Å²) in [6.45, 7) is 2.32. The van der Waals surface area contributed by atoms with Gasteiger partial charge in [-0.3, -0.25) is 0 Å². The SMILES string of the molecule is COc1cc(C2(O)CC3CCCC(C2)N3C(=O)OCC2c3ccccc3-c3ccccc32)ccc1C. The van der Waals surface area contributed by atoms with Crippen LogP contribution >= 0.6 is 0 Å². The third-order valence-electron chi connectivity index (χ3n) is 8.50. The van der Waals surface area contributed by atoms with Crippen molar-refractivity contribution >= 4 is 6.09 Å². The van der Waals surface area contributed by atoms with Crippen LogP contribution in [-0.2, 0) is 10.3 Å². The molecule has 3 aliphatic rings. The van der Waals surface area contributed by atoms with Gasteiger partial charge in [-0.1, -0.05) is 60.7 Å². The zero-order chi connectivity index (χ0) is 24.9. The highest BCUT2D eigenvalue weighted by Gasteiger charge is 2.49. The topological polar surface area (TPSA) is 59.0 Å². The summed E-state index contributed by atoms with van der Waals surface area (Å²) in [7, 11) is 1.66. The van der Waals surface area contributed by atoms with E-state index >= 15 is 0 Å². The van der Waals surface area contributed by atoms with Crippen molar-refractivity contribution in [3.05, 3.63) is 89.0 Å². The van der Waals surface area contributed by atoms with E-state index in [-0.39, 0.29) is 24.1 Å². The van der Waals surface area contributed by atoms with Crippen LogP contribution in [-0.4, -0.2) is 41.9 Å². The molecule has 2 unspecified atom stereocenters. The van der Waals surface area contributed by atoms with Gasteiger partial charge in [0.1, 0.15) is 12.4 Å². The number of carbonyl (C=O) groups excluding carboxylic acids is 1. The van der Waals surface area contributed by atoms with Crippen LogP contribution in [0.4, 0.5) is 4.79 Å². The maximum Gasteiger partial charge on any atom is 0.410 e. The molecule has 2 saturated heterocycles. The molecule has 186 valence electrons. The molecule has 1 aliphatic carbocycles. The number of piperidine rings is 2. The van der Waals surface area contributed by atoms with Gasteiger partial charge in [0.05, 0.1) is 12.7 Å². The van der Waals surface area contributed by atoms with Crippen LogP contribution in [0.15, 0.2) is 66.7 Å². The first-order valence-corrected chi connectivity index (χ1v) is 13.0. The molecule has 2 heterocycles. The highest BCUT2D eigenvalue weighted by Crippen LogP contribution is 2.47. The highest BCUT2D eigenvalue weighted by molar-refractivity contribution is 5.79. The molecule has 2 bridgehead atoms. The fourth-order valence-electron chi connectivity index (χ4n) is 6.74. The summed E-state index contributed by atoms with van der Waals surface area (Å²) in [6.07, 6.45) is 3.60. The van der Waals surface area contributed by atoms with E-state index in [0.29, 0.717) is 19.4 Å². The normalized spacial score (nSPS) is 24.7. The number of aliphatic hydroxyl groups is 1. The maximum atomic E-state index is 13.5. The predicted octanol–water partition coefficient (Wildman–Crippen LogP) is 6.16. The Balaban J connectivity index is 1.20. The van der Waals surface area contributed by atoms with Gasteiger partial charge >= 0.3 is 6.09 Å². The van der Waals surface area contributed by atoms with Gasteiger partial charge in [0, 0.05) is 30.8 Å². The Morgan fingerprint density at radius 3 is 2.19 bits per heavy atom. The average molecular weight is 484 g/mol. The van der Waals surface area contributed by atoms with E-state index in [9.17, 15) is 9.90 Å². The third-order valence-corrected chi connectivity index (χ3v) is 8.50. The third kappa shape index (κ3) is 3.77. The predicted molar refractivity (Wildman–Crippen MR) is 139 cm³/mol. The molecule has 2 atom stereocenters. The quantitative estimate of drug-likeness (QED) is 0.483. The first-order chi connectivity index (χ1) is 17.5. The van der Waals surface area contributed by atoms with Crippen molar-refractivity contribution in [2.45, 2.75) is 62.6 Å². The molecule has 0 radical (unpaired) electrons. The van der Waals surface area contributed by atoms with E-state index in [0.717, 1.165) is 36.1 Å². The van der Waals surface area contributed by atoms with Crippen LogP contribution in [0.3, 0.4) is 0 Å². The van der Waals surface area contributed by atoms with Crippen LogP contribution in [0.2, 0.25) is 0 Å². The van der Waals surface area contributed by atoms with Crippen molar-refractivity contribution in [2.75, 3.05) is 13.7 Å². The van der Waals surface area contributed by atoms with Crippen LogP contribution in [0, 0.1) is 6.92 Å². The fourth-order valence-corrected chi connectivity index (χ4v) is 6.74. The number of ether oxygens (including phenoxy) is 2. The molecule has 6 rings (SSSR count). The van der Waals surface area contributed by atoms with Crippen LogP contribution in [0.5, 0.6) is 5.75 Å². The summed E-state index contributed by atoms with van der Waals surface area (Å²) in [5.41, 5.74) is 5.82. The van der Waals surface area contributed by atoms with Crippen LogP contribution in [0.25, 0.3) is 11.1 Å². The Morgan fingerprint density at radius 1 is 0.972 bits per heavy atom. The molecule has 0 spiro atoms. The number of aryl methyl sites for hydroxylation is 1. The second kappa shape index (κ2) is 8.97. The molecule has 36 heavy (non-hydrogen) atoms. The summed E-state index contributed by atoms with van der Waals surface area (Å²) in [4.78, 5) is 15.4. The minimum Gasteiger partial charge on any atom is -0.496 e. The molecule has 0 saturated carbocycles. The number of fused-ring (bicyclic) bond motifs is 5. The van der Waals surface area contributed by atoms with Gasteiger partial charge in [0.15, 0.2) is 0 Å². The molecule has 3 aromatic rings. The summed E-state index contributed by atoms with van der Waals surface area (Å²) in [5, 5.41) is 11.7. The number of amides is 1. The lowest BCUT2D eigenvalue weighted by molar-refractivity contribution is -0.0891. The minimum atomic E-state index is -0.975. The van der Waals surface area contributed by atoms with E-state index in [1.54, 1.807) is 7.11 Å². The van der Waals surface area contributed by atoms with E-state index in [1.165, 1.54) is 22.3 Å². The van der Waals surface area contributed by atoms with Crippen molar-refractivity contribution < 1.29 is 19.4 Å². The lowest BCUT2D eigenvalue weighted by atomic mass is 9.72. The molecule has 5 nitrogen and oxygen atoms in total. The van der Waals surface area contributed by atoms with Gasteiger partial charge in [-0.2, -0.15) is 0 Å². The average Bonchev–Trinajstić information content (AvgIpc) is 3.20. The smallest absolute Gasteiger partial charge is 0.410 e. The van der Waals surface area contributed by atoms with Crippen molar-refractivity contribution in [3.63, 3.8) is 0 Å². The number of hydrogen-bond acceptors (Lipinski definition) is 4. The Kier molecular flexibility index (Phi) is 5.76. The van der Waals surface area contributed by atoms with Crippen molar-refractivity contribution in [3.8, 4) is 16.9 Å². The van der Waals surface area contributed by atoms with Crippen molar-refractivity contribution in [1.82, 2.24) is 4.90 Å². The summed E-state index contributed by atoms with van der Waals surface area (Å²) in [5.74, 6) is 0.827. The van der Waals surface area contributed by atoms with Gasteiger partial charge in [-0.25, -0.2) is 4.79 Å². The molecule has 1 N–H and O–H groups in total. The number of carbonyl (C=O) groups is 1.